The van der Waals surface area contributed by atoms with Crippen LogP contribution in [-0.2, 0) is 4.79 Å². The van der Waals surface area contributed by atoms with Gasteiger partial charge in [-0.15, -0.1) is 0 Å². The minimum absolute atomic E-state index is 0.0198. The average molecular weight is 422 g/mol. The van der Waals surface area contributed by atoms with E-state index in [1.54, 1.807) is 24.3 Å². The van der Waals surface area contributed by atoms with Crippen LogP contribution in [-0.4, -0.2) is 34.9 Å². The number of para-hydroxylation sites is 2. The number of nitro benzene ring substituents is 1. The van der Waals surface area contributed by atoms with Crippen LogP contribution in [0.2, 0.25) is 0 Å². The summed E-state index contributed by atoms with van der Waals surface area (Å²) in [6.07, 6.45) is 0.204. The normalized spacial score (nSPS) is 15.7. The minimum Gasteiger partial charge on any atom is -0.506 e. The van der Waals surface area contributed by atoms with Crippen molar-refractivity contribution >= 4 is 33.7 Å². The lowest BCUT2D eigenvalue weighted by Gasteiger charge is -2.24. The number of nitro groups is 1. The van der Waals surface area contributed by atoms with Crippen LogP contribution in [0.3, 0.4) is 0 Å². The summed E-state index contributed by atoms with van der Waals surface area (Å²) in [6, 6.07) is 9.24. The number of phenols is 1. The zero-order valence-electron chi connectivity index (χ0n) is 13.1. The summed E-state index contributed by atoms with van der Waals surface area (Å²) in [5, 5.41) is 24.5. The Morgan fingerprint density at radius 2 is 2.12 bits per heavy atom. The number of ether oxygens (including phenoxy) is 2. The fourth-order valence-corrected chi connectivity index (χ4v) is 2.66. The fraction of sp³-hybridized carbons (Fsp3) is 0.125. The SMILES string of the molecule is O=C(N/N=C\c1cc([N+](=O)[O-])cc(Br)c1O)[C@@H]1COc2ccccc2O1. The predicted octanol–water partition coefficient (Wildman–Crippen LogP) is 2.35. The second kappa shape index (κ2) is 7.40. The lowest BCUT2D eigenvalue weighted by atomic mass is 10.2. The van der Waals surface area contributed by atoms with E-state index in [0.29, 0.717) is 11.5 Å². The molecule has 0 saturated carbocycles. The van der Waals surface area contributed by atoms with Crippen molar-refractivity contribution in [2.24, 2.45) is 5.10 Å². The summed E-state index contributed by atoms with van der Waals surface area (Å²) in [6.45, 7) is 0.0198. The third kappa shape index (κ3) is 3.75. The van der Waals surface area contributed by atoms with E-state index in [4.69, 9.17) is 9.47 Å². The lowest BCUT2D eigenvalue weighted by Crippen LogP contribution is -2.42. The molecule has 2 aromatic carbocycles. The van der Waals surface area contributed by atoms with Crippen molar-refractivity contribution in [3.05, 3.63) is 56.5 Å². The number of halogens is 1. The molecule has 10 heteroatoms. The number of carbonyl (C=O) groups excluding carboxylic acids is 1. The molecule has 134 valence electrons. The maximum absolute atomic E-state index is 12.1. The molecule has 1 heterocycles. The second-order valence-corrected chi connectivity index (χ2v) is 6.08. The van der Waals surface area contributed by atoms with Crippen molar-refractivity contribution in [1.29, 1.82) is 0 Å². The van der Waals surface area contributed by atoms with Gasteiger partial charge in [-0.2, -0.15) is 5.10 Å². The van der Waals surface area contributed by atoms with Gasteiger partial charge in [-0.1, -0.05) is 12.1 Å². The number of non-ortho nitro benzene ring substituents is 1. The van der Waals surface area contributed by atoms with E-state index in [1.165, 1.54) is 0 Å². The van der Waals surface area contributed by atoms with Crippen molar-refractivity contribution in [2.75, 3.05) is 6.61 Å². The predicted molar refractivity (Wildman–Crippen MR) is 94.6 cm³/mol. The third-order valence-electron chi connectivity index (χ3n) is 3.47. The number of hydrazone groups is 1. The van der Waals surface area contributed by atoms with Gasteiger partial charge in [0.1, 0.15) is 12.4 Å². The highest BCUT2D eigenvalue weighted by Crippen LogP contribution is 2.32. The van der Waals surface area contributed by atoms with E-state index < -0.39 is 16.9 Å². The second-order valence-electron chi connectivity index (χ2n) is 5.22. The first kappa shape index (κ1) is 17.7. The number of aromatic hydroxyl groups is 1. The number of carbonyl (C=O) groups is 1. The molecule has 0 unspecified atom stereocenters. The average Bonchev–Trinajstić information content (AvgIpc) is 2.64. The highest BCUT2D eigenvalue weighted by atomic mass is 79.9. The summed E-state index contributed by atoms with van der Waals surface area (Å²) in [5.41, 5.74) is 2.09. The van der Waals surface area contributed by atoms with Gasteiger partial charge in [0.05, 0.1) is 15.6 Å². The van der Waals surface area contributed by atoms with Gasteiger partial charge >= 0.3 is 0 Å². The summed E-state index contributed by atoms with van der Waals surface area (Å²) in [5.74, 6) is 0.203. The third-order valence-corrected chi connectivity index (χ3v) is 4.07. The van der Waals surface area contributed by atoms with Crippen LogP contribution in [0.1, 0.15) is 5.56 Å². The van der Waals surface area contributed by atoms with Crippen molar-refractivity contribution in [3.63, 3.8) is 0 Å². The van der Waals surface area contributed by atoms with Crippen LogP contribution < -0.4 is 14.9 Å². The Morgan fingerprint density at radius 3 is 2.85 bits per heavy atom. The smallest absolute Gasteiger partial charge is 0.284 e. The maximum Gasteiger partial charge on any atom is 0.284 e. The molecule has 3 rings (SSSR count). The molecule has 0 fully saturated rings. The summed E-state index contributed by atoms with van der Waals surface area (Å²) in [7, 11) is 0. The number of hydrogen-bond donors (Lipinski definition) is 2. The first-order valence-electron chi connectivity index (χ1n) is 7.34. The Morgan fingerprint density at radius 1 is 1.38 bits per heavy atom. The van der Waals surface area contributed by atoms with E-state index in [2.05, 4.69) is 26.5 Å². The fourth-order valence-electron chi connectivity index (χ4n) is 2.20. The molecular formula is C16H12BrN3O6. The maximum atomic E-state index is 12.1. The van der Waals surface area contributed by atoms with Gasteiger partial charge in [0.25, 0.3) is 11.6 Å². The van der Waals surface area contributed by atoms with Crippen LogP contribution in [0.15, 0.2) is 46.0 Å². The summed E-state index contributed by atoms with van der Waals surface area (Å²) >= 11 is 3.02. The van der Waals surface area contributed by atoms with Gasteiger partial charge in [-0.05, 0) is 28.1 Å². The van der Waals surface area contributed by atoms with Crippen LogP contribution in [0.5, 0.6) is 17.2 Å². The number of phenolic OH excluding ortho intramolecular Hbond substituents is 1. The summed E-state index contributed by atoms with van der Waals surface area (Å²) in [4.78, 5) is 22.4. The number of nitrogens with one attached hydrogen (secondary N) is 1. The molecule has 0 bridgehead atoms. The molecule has 2 N–H and O–H groups in total. The van der Waals surface area contributed by atoms with Crippen molar-refractivity contribution in [2.45, 2.75) is 6.10 Å². The molecule has 0 radical (unpaired) electrons. The van der Waals surface area contributed by atoms with Gasteiger partial charge in [0, 0.05) is 17.7 Å². The van der Waals surface area contributed by atoms with Crippen LogP contribution in [0, 0.1) is 10.1 Å². The highest BCUT2D eigenvalue weighted by Gasteiger charge is 2.27. The van der Waals surface area contributed by atoms with Gasteiger partial charge in [-0.3, -0.25) is 14.9 Å². The molecule has 0 aromatic heterocycles. The first-order valence-corrected chi connectivity index (χ1v) is 8.13. The number of hydrogen-bond acceptors (Lipinski definition) is 7. The molecule has 0 saturated heterocycles. The van der Waals surface area contributed by atoms with E-state index in [-0.39, 0.29) is 28.1 Å². The largest absolute Gasteiger partial charge is 0.506 e. The highest BCUT2D eigenvalue weighted by molar-refractivity contribution is 9.10. The van der Waals surface area contributed by atoms with Gasteiger partial charge in [-0.25, -0.2) is 5.43 Å². The molecule has 2 aromatic rings. The molecule has 0 aliphatic carbocycles. The zero-order valence-corrected chi connectivity index (χ0v) is 14.7. The lowest BCUT2D eigenvalue weighted by molar-refractivity contribution is -0.385. The number of amides is 1. The van der Waals surface area contributed by atoms with Crippen molar-refractivity contribution < 1.29 is 24.3 Å². The quantitative estimate of drug-likeness (QED) is 0.443. The minimum atomic E-state index is -0.896. The monoisotopic (exact) mass is 421 g/mol. The first-order chi connectivity index (χ1) is 12.5. The Hall–Kier alpha value is -3.14. The van der Waals surface area contributed by atoms with Gasteiger partial charge in [0.15, 0.2) is 11.5 Å². The van der Waals surface area contributed by atoms with Crippen LogP contribution in [0.25, 0.3) is 0 Å². The Labute approximate surface area is 155 Å². The number of benzene rings is 2. The molecular weight excluding hydrogens is 410 g/mol. The van der Waals surface area contributed by atoms with E-state index in [9.17, 15) is 20.0 Å². The molecule has 26 heavy (non-hydrogen) atoms. The zero-order chi connectivity index (χ0) is 18.7. The molecule has 1 atom stereocenters. The number of rotatable bonds is 4. The van der Waals surface area contributed by atoms with E-state index >= 15 is 0 Å². The molecule has 1 aliphatic heterocycles. The Kier molecular flexibility index (Phi) is 5.03. The Balaban J connectivity index is 1.68. The van der Waals surface area contributed by atoms with Crippen molar-refractivity contribution in [3.8, 4) is 17.2 Å². The van der Waals surface area contributed by atoms with E-state index in [1.807, 2.05) is 0 Å². The van der Waals surface area contributed by atoms with E-state index in [0.717, 1.165) is 18.3 Å². The Bertz CT molecular complexity index is 902. The number of nitrogens with zero attached hydrogens (tertiary/aromatic N) is 2. The van der Waals surface area contributed by atoms with Gasteiger partial charge in [0.2, 0.25) is 6.10 Å². The summed E-state index contributed by atoms with van der Waals surface area (Å²) < 4.78 is 11.1. The van der Waals surface area contributed by atoms with Crippen molar-refractivity contribution in [1.82, 2.24) is 5.43 Å². The molecule has 9 nitrogen and oxygen atoms in total. The van der Waals surface area contributed by atoms with Crippen LogP contribution in [0.4, 0.5) is 5.69 Å². The van der Waals surface area contributed by atoms with Crippen LogP contribution >= 0.6 is 15.9 Å². The van der Waals surface area contributed by atoms with Gasteiger partial charge < -0.3 is 14.6 Å². The number of fused-ring (bicyclic) bond motifs is 1. The molecule has 0 spiro atoms. The standard InChI is InChI=1S/C16H12BrN3O6/c17-11-6-10(20(23)24)5-9(15(11)21)7-18-19-16(22)14-8-25-12-3-1-2-4-13(12)26-14/h1-7,14,21H,8H2,(H,19,22)/b18-7-/t14-/m0/s1. The molecule has 1 aliphatic rings. The topological polar surface area (TPSA) is 123 Å². The molecule has 1 amide bonds.